The molecular weight excluding hydrogens is 456 g/mol. The van der Waals surface area contributed by atoms with E-state index in [1.54, 1.807) is 28.7 Å². The molecule has 156 valence electrons. The van der Waals surface area contributed by atoms with Crippen molar-refractivity contribution in [1.29, 1.82) is 10.5 Å². The maximum absolute atomic E-state index is 13.5. The predicted molar refractivity (Wildman–Crippen MR) is 140 cm³/mol. The quantitative estimate of drug-likeness (QED) is 0.140. The van der Waals surface area contributed by atoms with Crippen molar-refractivity contribution in [2.45, 2.75) is 0 Å². The van der Waals surface area contributed by atoms with Crippen molar-refractivity contribution in [3.63, 3.8) is 0 Å². The highest BCUT2D eigenvalue weighted by Gasteiger charge is 2.32. The van der Waals surface area contributed by atoms with E-state index in [0.717, 1.165) is 15.0 Å². The van der Waals surface area contributed by atoms with E-state index in [1.807, 2.05) is 36.4 Å². The van der Waals surface area contributed by atoms with Gasteiger partial charge in [-0.1, -0.05) is 48.5 Å². The molecule has 4 aromatic carbocycles. The summed E-state index contributed by atoms with van der Waals surface area (Å²) in [5.74, 6) is -0.149. The summed E-state index contributed by atoms with van der Waals surface area (Å²) >= 11 is 3.39. The van der Waals surface area contributed by atoms with Crippen LogP contribution in [0.4, 0.5) is 0 Å². The highest BCUT2D eigenvalue weighted by atomic mass is 32.1. The SMILES string of the molecule is N#CC(C#N)=C1/C(=C/c2sc3cccc4c5csc6cccc(c2c34)c65)C(=O)c2ccccc21. The van der Waals surface area contributed by atoms with Gasteiger partial charge in [-0.2, -0.15) is 10.5 Å². The van der Waals surface area contributed by atoms with Gasteiger partial charge in [0.15, 0.2) is 5.78 Å². The van der Waals surface area contributed by atoms with Gasteiger partial charge in [-0.25, -0.2) is 0 Å². The van der Waals surface area contributed by atoms with Crippen LogP contribution in [0.1, 0.15) is 20.8 Å². The molecule has 0 N–H and O–H groups in total. The van der Waals surface area contributed by atoms with Crippen molar-refractivity contribution < 1.29 is 4.79 Å². The Morgan fingerprint density at radius 1 is 0.765 bits per heavy atom. The van der Waals surface area contributed by atoms with Crippen LogP contribution in [-0.4, -0.2) is 5.78 Å². The lowest BCUT2D eigenvalue weighted by Crippen LogP contribution is -1.95. The minimum absolute atomic E-state index is 0.0396. The van der Waals surface area contributed by atoms with Crippen LogP contribution in [0.25, 0.3) is 53.4 Å². The number of allylic oxidation sites excluding steroid dienone is 3. The molecule has 0 atom stereocenters. The zero-order chi connectivity index (χ0) is 23.0. The fraction of sp³-hybridized carbons (Fsp3) is 0. The molecule has 34 heavy (non-hydrogen) atoms. The Morgan fingerprint density at radius 3 is 2.29 bits per heavy atom. The Labute approximate surface area is 202 Å². The molecule has 0 radical (unpaired) electrons. The highest BCUT2D eigenvalue weighted by Crippen LogP contribution is 2.48. The van der Waals surface area contributed by atoms with Gasteiger partial charge in [-0.15, -0.1) is 22.7 Å². The second-order valence-electron chi connectivity index (χ2n) is 8.25. The molecule has 5 heteroatoms. The molecule has 0 aliphatic heterocycles. The van der Waals surface area contributed by atoms with Crippen molar-refractivity contribution in [1.82, 2.24) is 0 Å². The number of carbonyl (C=O) groups is 1. The summed E-state index contributed by atoms with van der Waals surface area (Å²) in [7, 11) is 0. The Kier molecular flexibility index (Phi) is 3.87. The van der Waals surface area contributed by atoms with Gasteiger partial charge < -0.3 is 0 Å². The Balaban J connectivity index is 1.64. The van der Waals surface area contributed by atoms with Crippen LogP contribution < -0.4 is 0 Å². The number of rotatable bonds is 1. The largest absolute Gasteiger partial charge is 0.289 e. The van der Waals surface area contributed by atoms with Crippen LogP contribution in [0, 0.1) is 22.7 Å². The average molecular weight is 469 g/mol. The van der Waals surface area contributed by atoms with E-state index >= 15 is 0 Å². The normalized spacial score (nSPS) is 14.5. The second-order valence-corrected chi connectivity index (χ2v) is 10.2. The van der Waals surface area contributed by atoms with E-state index in [4.69, 9.17) is 0 Å². The summed E-state index contributed by atoms with van der Waals surface area (Å²) in [6, 6.07) is 23.9. The molecule has 0 bridgehead atoms. The van der Waals surface area contributed by atoms with Gasteiger partial charge in [-0.3, -0.25) is 4.79 Å². The smallest absolute Gasteiger partial charge is 0.194 e. The van der Waals surface area contributed by atoms with E-state index in [1.165, 1.54) is 31.6 Å². The molecule has 6 aromatic rings. The van der Waals surface area contributed by atoms with Crippen LogP contribution in [0.15, 0.2) is 77.2 Å². The number of Topliss-reactive ketones (excluding diaryl/α,β-unsaturated/α-hetero) is 1. The molecule has 3 nitrogen and oxygen atoms in total. The number of hydrogen-bond donors (Lipinski definition) is 0. The first-order valence-electron chi connectivity index (χ1n) is 10.7. The number of nitriles is 2. The van der Waals surface area contributed by atoms with Crippen LogP contribution in [0.2, 0.25) is 0 Å². The molecule has 0 fully saturated rings. The number of thiophene rings is 2. The standard InChI is InChI=1S/C29H12N2OS2/c30-12-15(13-31)25-16-5-1-2-6-18(16)29(32)20(25)11-24-28-19-8-4-9-22-26(19)21(14-33-22)17-7-3-10-23(34-24)27(17)28/h1-11,14H/b20-11-. The first-order chi connectivity index (χ1) is 16.7. The number of fused-ring (bicyclic) bond motifs is 3. The number of benzene rings is 4. The lowest BCUT2D eigenvalue weighted by Gasteiger charge is -2.07. The van der Waals surface area contributed by atoms with Crippen molar-refractivity contribution in [3.8, 4) is 12.1 Å². The summed E-state index contributed by atoms with van der Waals surface area (Å²) < 4.78 is 2.39. The molecule has 2 heterocycles. The van der Waals surface area contributed by atoms with Crippen LogP contribution in [-0.2, 0) is 0 Å². The van der Waals surface area contributed by atoms with Crippen molar-refractivity contribution >= 4 is 81.8 Å². The lowest BCUT2D eigenvalue weighted by atomic mass is 9.94. The Morgan fingerprint density at radius 2 is 1.50 bits per heavy atom. The monoisotopic (exact) mass is 468 g/mol. The van der Waals surface area contributed by atoms with Gasteiger partial charge in [0, 0.05) is 52.5 Å². The van der Waals surface area contributed by atoms with Gasteiger partial charge in [0.05, 0.1) is 0 Å². The third kappa shape index (κ3) is 2.35. The van der Waals surface area contributed by atoms with E-state index in [-0.39, 0.29) is 11.4 Å². The molecule has 0 amide bonds. The van der Waals surface area contributed by atoms with Gasteiger partial charge in [0.1, 0.15) is 17.7 Å². The lowest BCUT2D eigenvalue weighted by molar-refractivity contribution is 0.104. The molecule has 7 rings (SSSR count). The van der Waals surface area contributed by atoms with Crippen LogP contribution in [0.5, 0.6) is 0 Å². The molecule has 1 aliphatic carbocycles. The van der Waals surface area contributed by atoms with Crippen molar-refractivity contribution in [3.05, 3.63) is 93.2 Å². The zero-order valence-corrected chi connectivity index (χ0v) is 19.2. The van der Waals surface area contributed by atoms with E-state index in [0.29, 0.717) is 22.3 Å². The van der Waals surface area contributed by atoms with Crippen molar-refractivity contribution in [2.75, 3.05) is 0 Å². The van der Waals surface area contributed by atoms with Crippen LogP contribution >= 0.6 is 22.7 Å². The summed E-state index contributed by atoms with van der Waals surface area (Å²) in [4.78, 5) is 14.4. The van der Waals surface area contributed by atoms with Gasteiger partial charge in [0.2, 0.25) is 0 Å². The third-order valence-corrected chi connectivity index (χ3v) is 8.66. The van der Waals surface area contributed by atoms with E-state index in [2.05, 4.69) is 41.8 Å². The second kappa shape index (κ2) is 6.85. The Hall–Kier alpha value is -4.29. The summed E-state index contributed by atoms with van der Waals surface area (Å²) in [5.41, 5.74) is 1.98. The minimum Gasteiger partial charge on any atom is -0.289 e. The van der Waals surface area contributed by atoms with E-state index < -0.39 is 0 Å². The van der Waals surface area contributed by atoms with Crippen molar-refractivity contribution in [2.24, 2.45) is 0 Å². The molecule has 0 saturated carbocycles. The molecule has 0 saturated heterocycles. The van der Waals surface area contributed by atoms with Gasteiger partial charge in [0.25, 0.3) is 0 Å². The third-order valence-electron chi connectivity index (χ3n) is 6.61. The summed E-state index contributed by atoms with van der Waals surface area (Å²) in [5, 5.41) is 28.8. The topological polar surface area (TPSA) is 64.7 Å². The summed E-state index contributed by atoms with van der Waals surface area (Å²) in [6.45, 7) is 0. The van der Waals surface area contributed by atoms with Gasteiger partial charge in [-0.05, 0) is 39.9 Å². The number of nitrogens with zero attached hydrogens (tertiary/aromatic N) is 2. The maximum Gasteiger partial charge on any atom is 0.194 e. The molecular formula is C29H12N2OS2. The fourth-order valence-electron chi connectivity index (χ4n) is 5.23. The average Bonchev–Trinajstić information content (AvgIpc) is 3.54. The molecule has 1 aliphatic rings. The number of hydrogen-bond acceptors (Lipinski definition) is 5. The zero-order valence-electron chi connectivity index (χ0n) is 17.5. The van der Waals surface area contributed by atoms with Gasteiger partial charge >= 0.3 is 0 Å². The predicted octanol–water partition coefficient (Wildman–Crippen LogP) is 7.94. The van der Waals surface area contributed by atoms with Crippen LogP contribution in [0.3, 0.4) is 0 Å². The number of carbonyl (C=O) groups excluding carboxylic acids is 1. The molecule has 0 unspecified atom stereocenters. The highest BCUT2D eigenvalue weighted by molar-refractivity contribution is 7.21. The minimum atomic E-state index is -0.149. The first kappa shape index (κ1) is 19.2. The molecule has 2 aromatic heterocycles. The first-order valence-corrected chi connectivity index (χ1v) is 12.4. The van der Waals surface area contributed by atoms with E-state index in [9.17, 15) is 15.3 Å². The molecule has 0 spiro atoms. The Bertz CT molecular complexity index is 1990. The summed E-state index contributed by atoms with van der Waals surface area (Å²) in [6.07, 6.45) is 1.90. The fourth-order valence-corrected chi connectivity index (χ4v) is 7.41. The number of ketones is 1. The maximum atomic E-state index is 13.5.